The summed E-state index contributed by atoms with van der Waals surface area (Å²) in [5.74, 6) is 0. The SMILES string of the molecule is [O-][n+]1onc2cc(Br)ccc21. The van der Waals surface area contributed by atoms with Crippen LogP contribution in [-0.2, 0) is 0 Å². The van der Waals surface area contributed by atoms with Gasteiger partial charge in [-0.2, -0.15) is 0 Å². The Morgan fingerprint density at radius 3 is 3.18 bits per heavy atom. The van der Waals surface area contributed by atoms with Gasteiger partial charge >= 0.3 is 0 Å². The molecule has 1 aromatic carbocycles. The normalized spacial score (nSPS) is 10.6. The Balaban J connectivity index is 2.86. The summed E-state index contributed by atoms with van der Waals surface area (Å²) >= 11 is 3.25. The van der Waals surface area contributed by atoms with E-state index in [2.05, 4.69) is 25.7 Å². The average molecular weight is 215 g/mol. The van der Waals surface area contributed by atoms with E-state index in [1.54, 1.807) is 18.2 Å². The fraction of sp³-hybridized carbons (Fsp3) is 0. The largest absolute Gasteiger partial charge is 0.359 e. The van der Waals surface area contributed by atoms with E-state index in [0.29, 0.717) is 15.9 Å². The minimum absolute atomic E-state index is 0.377. The summed E-state index contributed by atoms with van der Waals surface area (Å²) in [4.78, 5) is 0.377. The summed E-state index contributed by atoms with van der Waals surface area (Å²) in [6.45, 7) is 0. The highest BCUT2D eigenvalue weighted by molar-refractivity contribution is 9.10. The lowest BCUT2D eigenvalue weighted by molar-refractivity contribution is -0.782. The fourth-order valence-corrected chi connectivity index (χ4v) is 1.20. The number of rotatable bonds is 0. The van der Waals surface area contributed by atoms with Crippen LogP contribution in [-0.4, -0.2) is 5.16 Å². The number of fused-ring (bicyclic) bond motifs is 1. The van der Waals surface area contributed by atoms with Crippen LogP contribution in [0.4, 0.5) is 0 Å². The van der Waals surface area contributed by atoms with Gasteiger partial charge in [0, 0.05) is 15.7 Å². The molecule has 2 aromatic rings. The van der Waals surface area contributed by atoms with E-state index in [1.165, 1.54) is 0 Å². The van der Waals surface area contributed by atoms with Crippen LogP contribution in [0.15, 0.2) is 27.3 Å². The molecule has 0 aliphatic carbocycles. The highest BCUT2D eigenvalue weighted by Crippen LogP contribution is 2.14. The quantitative estimate of drug-likeness (QED) is 0.621. The van der Waals surface area contributed by atoms with Gasteiger partial charge in [0.05, 0.1) is 0 Å². The summed E-state index contributed by atoms with van der Waals surface area (Å²) in [5, 5.41) is 14.3. The lowest BCUT2D eigenvalue weighted by Crippen LogP contribution is -2.22. The first-order valence-corrected chi connectivity index (χ1v) is 3.71. The topological polar surface area (TPSA) is 53.0 Å². The first kappa shape index (κ1) is 6.60. The van der Waals surface area contributed by atoms with Gasteiger partial charge in [-0.15, -0.1) is 0 Å². The molecule has 5 heteroatoms. The Morgan fingerprint density at radius 1 is 1.55 bits per heavy atom. The minimum Gasteiger partial charge on any atom is -0.359 e. The van der Waals surface area contributed by atoms with Crippen molar-refractivity contribution in [2.45, 2.75) is 0 Å². The van der Waals surface area contributed by atoms with Crippen molar-refractivity contribution in [2.75, 3.05) is 0 Å². The number of halogens is 1. The van der Waals surface area contributed by atoms with Crippen molar-refractivity contribution >= 4 is 27.0 Å². The predicted molar refractivity (Wildman–Crippen MR) is 40.7 cm³/mol. The van der Waals surface area contributed by atoms with Crippen LogP contribution in [0.25, 0.3) is 11.0 Å². The third-order valence-electron chi connectivity index (χ3n) is 1.35. The molecule has 1 aromatic heterocycles. The average Bonchev–Trinajstić information content (AvgIpc) is 2.32. The molecule has 0 saturated carbocycles. The number of benzene rings is 1. The predicted octanol–water partition coefficient (Wildman–Crippen LogP) is 1.22. The van der Waals surface area contributed by atoms with Crippen molar-refractivity contribution in [1.29, 1.82) is 0 Å². The molecule has 0 aliphatic heterocycles. The highest BCUT2D eigenvalue weighted by atomic mass is 79.9. The zero-order valence-corrected chi connectivity index (χ0v) is 6.91. The van der Waals surface area contributed by atoms with Gasteiger partial charge in [0.1, 0.15) is 0 Å². The van der Waals surface area contributed by atoms with Crippen LogP contribution < -0.4 is 4.90 Å². The van der Waals surface area contributed by atoms with Gasteiger partial charge in [-0.1, -0.05) is 15.9 Å². The molecule has 0 atom stereocenters. The van der Waals surface area contributed by atoms with Crippen LogP contribution >= 0.6 is 15.9 Å². The van der Waals surface area contributed by atoms with Gasteiger partial charge in [0.15, 0.2) is 0 Å². The summed E-state index contributed by atoms with van der Waals surface area (Å²) in [7, 11) is 0. The molecule has 0 amide bonds. The minimum atomic E-state index is 0.377. The van der Waals surface area contributed by atoms with Crippen LogP contribution in [0.2, 0.25) is 0 Å². The molecule has 0 aliphatic rings. The number of hydrogen-bond acceptors (Lipinski definition) is 3. The van der Waals surface area contributed by atoms with Gasteiger partial charge in [0.2, 0.25) is 11.0 Å². The highest BCUT2D eigenvalue weighted by Gasteiger charge is 2.07. The van der Waals surface area contributed by atoms with Gasteiger partial charge in [0.25, 0.3) is 0 Å². The number of aromatic nitrogens is 2. The molecule has 2 rings (SSSR count). The maximum absolute atomic E-state index is 10.8. The maximum Gasteiger partial charge on any atom is 0.249 e. The summed E-state index contributed by atoms with van der Waals surface area (Å²) in [6.07, 6.45) is 0. The monoisotopic (exact) mass is 214 g/mol. The van der Waals surface area contributed by atoms with Gasteiger partial charge in [-0.05, 0) is 17.0 Å². The third-order valence-corrected chi connectivity index (χ3v) is 1.84. The third kappa shape index (κ3) is 0.970. The van der Waals surface area contributed by atoms with Crippen molar-refractivity contribution in [1.82, 2.24) is 5.16 Å². The van der Waals surface area contributed by atoms with Crippen LogP contribution in [0.3, 0.4) is 0 Å². The molecule has 56 valence electrons. The molecule has 0 saturated heterocycles. The maximum atomic E-state index is 10.8. The zero-order valence-electron chi connectivity index (χ0n) is 5.32. The summed E-state index contributed by atoms with van der Waals surface area (Å²) in [5.41, 5.74) is 0.988. The Bertz CT molecular complexity index is 398. The van der Waals surface area contributed by atoms with Crippen molar-refractivity contribution < 1.29 is 9.53 Å². The second-order valence-electron chi connectivity index (χ2n) is 2.06. The van der Waals surface area contributed by atoms with Gasteiger partial charge in [-0.25, -0.2) is 0 Å². The van der Waals surface area contributed by atoms with Crippen molar-refractivity contribution in [3.05, 3.63) is 27.9 Å². The second kappa shape index (κ2) is 2.20. The Labute approximate surface area is 70.1 Å². The molecule has 11 heavy (non-hydrogen) atoms. The number of hydrogen-bond donors (Lipinski definition) is 0. The Hall–Kier alpha value is -1.10. The number of nitrogens with zero attached hydrogens (tertiary/aromatic N) is 2. The molecule has 0 fully saturated rings. The lowest BCUT2D eigenvalue weighted by Gasteiger charge is -1.85. The van der Waals surface area contributed by atoms with Crippen molar-refractivity contribution in [2.24, 2.45) is 0 Å². The van der Waals surface area contributed by atoms with Crippen molar-refractivity contribution in [3.8, 4) is 0 Å². The molecule has 0 bridgehead atoms. The molecule has 0 N–H and O–H groups in total. The van der Waals surface area contributed by atoms with E-state index >= 15 is 0 Å². The van der Waals surface area contributed by atoms with Crippen LogP contribution in [0.1, 0.15) is 0 Å². The van der Waals surface area contributed by atoms with Crippen LogP contribution in [0.5, 0.6) is 0 Å². The fourth-order valence-electron chi connectivity index (χ4n) is 0.849. The van der Waals surface area contributed by atoms with E-state index < -0.39 is 0 Å². The van der Waals surface area contributed by atoms with E-state index in [4.69, 9.17) is 0 Å². The molecular weight excluding hydrogens is 212 g/mol. The first-order valence-electron chi connectivity index (χ1n) is 2.92. The van der Waals surface area contributed by atoms with Gasteiger partial charge in [-0.3, -0.25) is 4.63 Å². The molecule has 0 spiro atoms. The smallest absolute Gasteiger partial charge is 0.249 e. The van der Waals surface area contributed by atoms with E-state index in [9.17, 15) is 5.21 Å². The van der Waals surface area contributed by atoms with Gasteiger partial charge < -0.3 is 5.21 Å². The lowest BCUT2D eigenvalue weighted by atomic mass is 10.3. The summed E-state index contributed by atoms with van der Waals surface area (Å²) in [6, 6.07) is 5.12. The molecule has 0 radical (unpaired) electrons. The first-order chi connectivity index (χ1) is 5.27. The molecule has 0 unspecified atom stereocenters. The van der Waals surface area contributed by atoms with E-state index in [1.807, 2.05) is 0 Å². The van der Waals surface area contributed by atoms with Crippen molar-refractivity contribution in [3.63, 3.8) is 0 Å². The molecular formula is C6H3BrN2O2. The second-order valence-corrected chi connectivity index (χ2v) is 2.98. The van der Waals surface area contributed by atoms with E-state index in [0.717, 1.165) is 4.47 Å². The Morgan fingerprint density at radius 2 is 2.36 bits per heavy atom. The van der Waals surface area contributed by atoms with E-state index in [-0.39, 0.29) is 0 Å². The Kier molecular flexibility index (Phi) is 1.32. The summed E-state index contributed by atoms with van der Waals surface area (Å²) < 4.78 is 5.23. The zero-order chi connectivity index (χ0) is 7.84. The molecule has 1 heterocycles. The molecule has 4 nitrogen and oxygen atoms in total. The standard InChI is InChI=1S/C6H3BrN2O2/c7-4-1-2-6-5(3-4)8-11-9(6)10/h1-3H. The van der Waals surface area contributed by atoms with Crippen LogP contribution in [0, 0.1) is 5.21 Å².